The number of anilines is 1. The molecule has 10 heteroatoms. The second-order valence-electron chi connectivity index (χ2n) is 7.48. The average Bonchev–Trinajstić information content (AvgIpc) is 2.92. The zero-order valence-electron chi connectivity index (χ0n) is 18.6. The van der Waals surface area contributed by atoms with E-state index in [-0.39, 0.29) is 39.0 Å². The number of benzene rings is 2. The lowest BCUT2D eigenvalue weighted by molar-refractivity contribution is -0.686. The zero-order valence-corrected chi connectivity index (χ0v) is 19.4. The third kappa shape index (κ3) is 4.75. The molecule has 174 valence electrons. The molecule has 1 atom stereocenters. The lowest BCUT2D eigenvalue weighted by Crippen LogP contribution is -2.41. The van der Waals surface area contributed by atoms with E-state index in [2.05, 4.69) is 11.1 Å². The molecule has 0 aliphatic carbocycles. The van der Waals surface area contributed by atoms with Gasteiger partial charge in [0.25, 0.3) is 11.1 Å². The van der Waals surface area contributed by atoms with Crippen LogP contribution in [-0.2, 0) is 0 Å². The monoisotopic (exact) mass is 493 g/mol. The van der Waals surface area contributed by atoms with E-state index in [1.54, 1.807) is 53.4 Å². The van der Waals surface area contributed by atoms with Gasteiger partial charge in [-0.2, -0.15) is 15.1 Å². The second-order valence-corrected chi connectivity index (χ2v) is 8.55. The first kappa shape index (κ1) is 24.1. The molecular weight excluding hydrogens is 476 g/mol. The van der Waals surface area contributed by atoms with Crippen molar-refractivity contribution in [1.29, 1.82) is 10.5 Å². The molecule has 2 N–H and O–H groups in total. The molecule has 0 radical (unpaired) electrons. The van der Waals surface area contributed by atoms with Crippen molar-refractivity contribution in [2.24, 2.45) is 0 Å². The Balaban J connectivity index is 1.88. The molecule has 0 bridgehead atoms. The van der Waals surface area contributed by atoms with Crippen LogP contribution in [0.15, 0.2) is 90.2 Å². The quantitative estimate of drug-likeness (QED) is 0.130. The summed E-state index contributed by atoms with van der Waals surface area (Å²) < 4.78 is 1.70. The Morgan fingerprint density at radius 3 is 2.17 bits per heavy atom. The Kier molecular flexibility index (Phi) is 7.00. The van der Waals surface area contributed by atoms with E-state index in [0.29, 0.717) is 11.1 Å². The molecule has 9 nitrogen and oxygen atoms in total. The molecule has 0 saturated carbocycles. The summed E-state index contributed by atoms with van der Waals surface area (Å²) >= 11 is 1.03. The highest BCUT2D eigenvalue weighted by Crippen LogP contribution is 2.39. The van der Waals surface area contributed by atoms with Crippen molar-refractivity contribution < 1.29 is 14.3 Å². The normalized spacial score (nSPS) is 11.2. The summed E-state index contributed by atoms with van der Waals surface area (Å²) in [6.45, 7) is 0. The number of carbonyl (C=O) groups excluding carboxylic acids is 1. The Labute approximate surface area is 210 Å². The number of non-ortho nitro benzene ring substituents is 1. The van der Waals surface area contributed by atoms with E-state index in [9.17, 15) is 25.4 Å². The van der Waals surface area contributed by atoms with Gasteiger partial charge in [0.1, 0.15) is 28.5 Å². The number of pyridine rings is 2. The molecule has 0 aliphatic heterocycles. The molecule has 36 heavy (non-hydrogen) atoms. The highest BCUT2D eigenvalue weighted by molar-refractivity contribution is 7.99. The van der Waals surface area contributed by atoms with Crippen LogP contribution in [0.5, 0.6) is 0 Å². The first-order valence-electron chi connectivity index (χ1n) is 10.5. The number of Topliss-reactive ketones (excluding diaryl/α,β-unsaturated/α-hetero) is 1. The fourth-order valence-electron chi connectivity index (χ4n) is 3.59. The summed E-state index contributed by atoms with van der Waals surface area (Å²) in [6, 6.07) is 23.6. The Hall–Kier alpha value is -5.06. The lowest BCUT2D eigenvalue weighted by Gasteiger charge is -2.15. The smallest absolute Gasteiger partial charge is 0.272 e. The number of nitriles is 2. The summed E-state index contributed by atoms with van der Waals surface area (Å²) in [5.74, 6) is -0.335. The van der Waals surface area contributed by atoms with Crippen LogP contribution in [0.1, 0.15) is 26.9 Å². The number of aromatic nitrogens is 2. The van der Waals surface area contributed by atoms with Crippen LogP contribution in [-0.4, -0.2) is 15.7 Å². The van der Waals surface area contributed by atoms with Crippen LogP contribution in [0.25, 0.3) is 11.1 Å². The zero-order chi connectivity index (χ0) is 25.7. The number of nitro groups is 1. The van der Waals surface area contributed by atoms with Gasteiger partial charge in [0.15, 0.2) is 12.4 Å². The molecule has 0 aliphatic rings. The van der Waals surface area contributed by atoms with Crippen molar-refractivity contribution in [2.75, 3.05) is 5.73 Å². The lowest BCUT2D eigenvalue weighted by atomic mass is 9.96. The fourth-order valence-corrected chi connectivity index (χ4v) is 4.72. The Bertz CT molecular complexity index is 1530. The summed E-state index contributed by atoms with van der Waals surface area (Å²) in [6.07, 6.45) is 3.46. The summed E-state index contributed by atoms with van der Waals surface area (Å²) in [7, 11) is 0. The molecule has 4 rings (SSSR count). The summed E-state index contributed by atoms with van der Waals surface area (Å²) in [5.41, 5.74) is 7.07. The minimum Gasteiger partial charge on any atom is -0.383 e. The van der Waals surface area contributed by atoms with Crippen molar-refractivity contribution in [2.45, 2.75) is 10.4 Å². The number of rotatable bonds is 7. The number of nitrogens with two attached hydrogens (primary N) is 1. The van der Waals surface area contributed by atoms with Gasteiger partial charge in [0, 0.05) is 35.4 Å². The predicted octanol–water partition coefficient (Wildman–Crippen LogP) is 4.44. The molecule has 1 unspecified atom stereocenters. The van der Waals surface area contributed by atoms with Crippen molar-refractivity contribution in [1.82, 2.24) is 4.98 Å². The van der Waals surface area contributed by atoms with Crippen LogP contribution < -0.4 is 10.3 Å². The van der Waals surface area contributed by atoms with Gasteiger partial charge in [-0.25, -0.2) is 4.98 Å². The molecule has 2 aromatic heterocycles. The standard InChI is InChI=1S/C26H17N6O3S/c27-15-20-22(17-9-11-19(12-10-17)32(34)35)21(16-28)25(30-24(20)29)36-26(31-13-5-2-6-14-31)23(33)18-7-3-1-4-8-18/h1-14,26H,(H2,29,30)/q+1. The summed E-state index contributed by atoms with van der Waals surface area (Å²) in [5, 5.41) is 30.3. The van der Waals surface area contributed by atoms with Crippen molar-refractivity contribution in [3.05, 3.63) is 112 Å². The molecule has 0 spiro atoms. The largest absolute Gasteiger partial charge is 0.383 e. The molecular formula is C26H17N6O3S+. The third-order valence-corrected chi connectivity index (χ3v) is 6.50. The second kappa shape index (κ2) is 10.5. The van der Waals surface area contributed by atoms with Crippen LogP contribution in [0, 0.1) is 32.8 Å². The topological polar surface area (TPSA) is 151 Å². The molecule has 2 aromatic carbocycles. The molecule has 2 heterocycles. The highest BCUT2D eigenvalue weighted by atomic mass is 32.2. The van der Waals surface area contributed by atoms with Crippen molar-refractivity contribution in [3.63, 3.8) is 0 Å². The van der Waals surface area contributed by atoms with E-state index in [1.165, 1.54) is 24.3 Å². The maximum atomic E-state index is 13.5. The average molecular weight is 494 g/mol. The predicted molar refractivity (Wildman–Crippen MR) is 132 cm³/mol. The van der Waals surface area contributed by atoms with Gasteiger partial charge in [-0.15, -0.1) is 0 Å². The van der Waals surface area contributed by atoms with E-state index in [4.69, 9.17) is 5.73 Å². The van der Waals surface area contributed by atoms with Gasteiger partial charge in [-0.3, -0.25) is 14.9 Å². The van der Waals surface area contributed by atoms with Gasteiger partial charge in [-0.05, 0) is 29.5 Å². The molecule has 0 amide bonds. The first-order valence-corrected chi connectivity index (χ1v) is 11.4. The number of nitrogen functional groups attached to an aromatic ring is 1. The fraction of sp³-hybridized carbons (Fsp3) is 0.0385. The van der Waals surface area contributed by atoms with Crippen molar-refractivity contribution >= 4 is 29.1 Å². The maximum absolute atomic E-state index is 13.5. The SMILES string of the molecule is N#Cc1c(N)nc(SC(C(=O)c2ccccc2)[n+]2ccccc2)c(C#N)c1-c1ccc([N+](=O)[O-])cc1. The van der Waals surface area contributed by atoms with Gasteiger partial charge in [0.05, 0.1) is 10.5 Å². The first-order chi connectivity index (χ1) is 17.4. The molecule has 0 fully saturated rings. The number of hydrogen-bond acceptors (Lipinski definition) is 8. The van der Waals surface area contributed by atoms with E-state index in [1.807, 2.05) is 18.2 Å². The minimum absolute atomic E-state index is 0.0250. The van der Waals surface area contributed by atoms with Gasteiger partial charge in [0.2, 0.25) is 5.78 Å². The number of nitrogens with zero attached hydrogens (tertiary/aromatic N) is 5. The molecule has 4 aromatic rings. The van der Waals surface area contributed by atoms with E-state index >= 15 is 0 Å². The third-order valence-electron chi connectivity index (χ3n) is 5.30. The number of carbonyl (C=O) groups is 1. The number of thioether (sulfide) groups is 1. The van der Waals surface area contributed by atoms with Crippen molar-refractivity contribution in [3.8, 4) is 23.3 Å². The van der Waals surface area contributed by atoms with Gasteiger partial charge < -0.3 is 5.73 Å². The Morgan fingerprint density at radius 1 is 0.972 bits per heavy atom. The van der Waals surface area contributed by atoms with E-state index < -0.39 is 10.3 Å². The van der Waals surface area contributed by atoms with Crippen LogP contribution in [0.3, 0.4) is 0 Å². The van der Waals surface area contributed by atoms with Crippen LogP contribution in [0.4, 0.5) is 11.5 Å². The highest BCUT2D eigenvalue weighted by Gasteiger charge is 2.33. The van der Waals surface area contributed by atoms with Crippen LogP contribution >= 0.6 is 11.8 Å². The van der Waals surface area contributed by atoms with E-state index in [0.717, 1.165) is 11.8 Å². The number of hydrogen-bond donors (Lipinski definition) is 1. The van der Waals surface area contributed by atoms with Crippen LogP contribution in [0.2, 0.25) is 0 Å². The number of ketones is 1. The maximum Gasteiger partial charge on any atom is 0.272 e. The van der Waals surface area contributed by atoms with Gasteiger partial charge >= 0.3 is 0 Å². The minimum atomic E-state index is -0.828. The molecule has 0 saturated heterocycles. The number of nitro benzene ring substituents is 1. The Morgan fingerprint density at radius 2 is 1.58 bits per heavy atom. The van der Waals surface area contributed by atoms with Gasteiger partial charge in [-0.1, -0.05) is 36.4 Å². The summed E-state index contributed by atoms with van der Waals surface area (Å²) in [4.78, 5) is 28.4.